The topological polar surface area (TPSA) is 69.6 Å². The molecule has 110 valence electrons. The molecule has 0 aromatic heterocycles. The van der Waals surface area contributed by atoms with Gasteiger partial charge in [0.15, 0.2) is 0 Å². The highest BCUT2D eigenvalue weighted by molar-refractivity contribution is 5.78. The van der Waals surface area contributed by atoms with Crippen LogP contribution in [0.4, 0.5) is 4.79 Å². The molecule has 0 heterocycles. The van der Waals surface area contributed by atoms with Gasteiger partial charge in [-0.25, -0.2) is 4.79 Å². The molecule has 1 aliphatic carbocycles. The van der Waals surface area contributed by atoms with Gasteiger partial charge in [0.05, 0.1) is 5.41 Å². The zero-order valence-corrected chi connectivity index (χ0v) is 12.2. The SMILES string of the molecule is CC(C)N(C)C(=O)NCC1(C(=O)O)CCCCCC1. The summed E-state index contributed by atoms with van der Waals surface area (Å²) in [6, 6.07) is -0.0882. The highest BCUT2D eigenvalue weighted by Crippen LogP contribution is 2.34. The van der Waals surface area contributed by atoms with Gasteiger partial charge in [-0.2, -0.15) is 0 Å². The average molecular weight is 270 g/mol. The van der Waals surface area contributed by atoms with E-state index in [0.29, 0.717) is 12.8 Å². The largest absolute Gasteiger partial charge is 0.481 e. The van der Waals surface area contributed by atoms with Crippen molar-refractivity contribution in [2.45, 2.75) is 58.4 Å². The summed E-state index contributed by atoms with van der Waals surface area (Å²) < 4.78 is 0. The number of rotatable bonds is 4. The van der Waals surface area contributed by atoms with E-state index in [4.69, 9.17) is 0 Å². The maximum absolute atomic E-state index is 11.9. The highest BCUT2D eigenvalue weighted by atomic mass is 16.4. The fourth-order valence-corrected chi connectivity index (χ4v) is 2.48. The van der Waals surface area contributed by atoms with E-state index < -0.39 is 11.4 Å². The van der Waals surface area contributed by atoms with Gasteiger partial charge in [0.25, 0.3) is 0 Å². The summed E-state index contributed by atoms with van der Waals surface area (Å²) in [6.07, 6.45) is 5.37. The van der Waals surface area contributed by atoms with Gasteiger partial charge in [0, 0.05) is 19.6 Å². The van der Waals surface area contributed by atoms with E-state index in [2.05, 4.69) is 5.32 Å². The van der Waals surface area contributed by atoms with E-state index in [0.717, 1.165) is 25.7 Å². The standard InChI is InChI=1S/C14H26N2O3/c1-11(2)16(3)13(19)15-10-14(12(17)18)8-6-4-5-7-9-14/h11H,4-10H2,1-3H3,(H,15,19)(H,17,18). The van der Waals surface area contributed by atoms with Gasteiger partial charge < -0.3 is 15.3 Å². The molecule has 0 aromatic rings. The van der Waals surface area contributed by atoms with Gasteiger partial charge in [-0.15, -0.1) is 0 Å². The Labute approximate surface area is 115 Å². The van der Waals surface area contributed by atoms with Crippen molar-refractivity contribution in [2.24, 2.45) is 5.41 Å². The Hall–Kier alpha value is -1.26. The number of amides is 2. The van der Waals surface area contributed by atoms with Gasteiger partial charge >= 0.3 is 12.0 Å². The Morgan fingerprint density at radius 2 is 1.74 bits per heavy atom. The second-order valence-electron chi connectivity index (χ2n) is 5.86. The normalized spacial score (nSPS) is 18.7. The molecule has 0 aliphatic heterocycles. The van der Waals surface area contributed by atoms with Crippen molar-refractivity contribution in [2.75, 3.05) is 13.6 Å². The average Bonchev–Trinajstić information content (AvgIpc) is 2.61. The van der Waals surface area contributed by atoms with Crippen molar-refractivity contribution in [3.63, 3.8) is 0 Å². The molecule has 2 amide bonds. The van der Waals surface area contributed by atoms with Gasteiger partial charge in [0.1, 0.15) is 0 Å². The van der Waals surface area contributed by atoms with E-state index in [1.54, 1.807) is 11.9 Å². The third kappa shape index (κ3) is 4.11. The van der Waals surface area contributed by atoms with Crippen molar-refractivity contribution in [3.05, 3.63) is 0 Å². The first-order valence-electron chi connectivity index (χ1n) is 7.13. The lowest BCUT2D eigenvalue weighted by atomic mass is 9.80. The van der Waals surface area contributed by atoms with E-state index in [9.17, 15) is 14.7 Å². The van der Waals surface area contributed by atoms with Crippen LogP contribution < -0.4 is 5.32 Å². The van der Waals surface area contributed by atoms with Crippen molar-refractivity contribution in [1.82, 2.24) is 10.2 Å². The number of carboxylic acid groups (broad SMARTS) is 1. The van der Waals surface area contributed by atoms with Crippen LogP contribution in [0.15, 0.2) is 0 Å². The minimum atomic E-state index is -0.776. The minimum absolute atomic E-state index is 0.106. The molecular formula is C14H26N2O3. The predicted molar refractivity (Wildman–Crippen MR) is 74.1 cm³/mol. The number of hydrogen-bond donors (Lipinski definition) is 2. The number of carbonyl (C=O) groups excluding carboxylic acids is 1. The first kappa shape index (κ1) is 15.8. The fraction of sp³-hybridized carbons (Fsp3) is 0.857. The number of nitrogens with one attached hydrogen (secondary N) is 1. The summed E-state index contributed by atoms with van der Waals surface area (Å²) >= 11 is 0. The summed E-state index contributed by atoms with van der Waals surface area (Å²) in [4.78, 5) is 25.1. The molecular weight excluding hydrogens is 244 g/mol. The van der Waals surface area contributed by atoms with Crippen LogP contribution in [0.1, 0.15) is 52.4 Å². The van der Waals surface area contributed by atoms with Gasteiger partial charge in [-0.1, -0.05) is 25.7 Å². The lowest BCUT2D eigenvalue weighted by molar-refractivity contribution is -0.149. The van der Waals surface area contributed by atoms with Crippen LogP contribution in [0.5, 0.6) is 0 Å². The third-order valence-corrected chi connectivity index (χ3v) is 4.19. The lowest BCUT2D eigenvalue weighted by Crippen LogP contribution is -2.48. The zero-order chi connectivity index (χ0) is 14.5. The second kappa shape index (κ2) is 6.78. The molecule has 5 nitrogen and oxygen atoms in total. The van der Waals surface area contributed by atoms with Crippen molar-refractivity contribution >= 4 is 12.0 Å². The Balaban J connectivity index is 2.64. The van der Waals surface area contributed by atoms with Crippen molar-refractivity contribution < 1.29 is 14.7 Å². The van der Waals surface area contributed by atoms with Gasteiger partial charge in [-0.3, -0.25) is 4.79 Å². The monoisotopic (exact) mass is 270 g/mol. The van der Waals surface area contributed by atoms with E-state index in [1.807, 2.05) is 13.8 Å². The van der Waals surface area contributed by atoms with E-state index in [-0.39, 0.29) is 18.6 Å². The number of carboxylic acids is 1. The second-order valence-corrected chi connectivity index (χ2v) is 5.86. The highest BCUT2D eigenvalue weighted by Gasteiger charge is 2.39. The number of carbonyl (C=O) groups is 2. The molecule has 0 aromatic carbocycles. The molecule has 1 saturated carbocycles. The molecule has 19 heavy (non-hydrogen) atoms. The van der Waals surface area contributed by atoms with Crippen LogP contribution in [0, 0.1) is 5.41 Å². The molecule has 0 unspecified atom stereocenters. The molecule has 2 N–H and O–H groups in total. The molecule has 0 saturated heterocycles. The molecule has 1 aliphatic rings. The Morgan fingerprint density at radius 3 is 2.16 bits per heavy atom. The van der Waals surface area contributed by atoms with Crippen molar-refractivity contribution in [1.29, 1.82) is 0 Å². The van der Waals surface area contributed by atoms with Crippen LogP contribution in [-0.2, 0) is 4.79 Å². The maximum atomic E-state index is 11.9. The lowest BCUT2D eigenvalue weighted by Gasteiger charge is -2.30. The maximum Gasteiger partial charge on any atom is 0.317 e. The summed E-state index contributed by atoms with van der Waals surface area (Å²) in [5.74, 6) is -0.776. The molecule has 5 heteroatoms. The van der Waals surface area contributed by atoms with Crippen LogP contribution in [-0.4, -0.2) is 41.6 Å². The smallest absolute Gasteiger partial charge is 0.317 e. The van der Waals surface area contributed by atoms with Gasteiger partial charge in [0.2, 0.25) is 0 Å². The fourth-order valence-electron chi connectivity index (χ4n) is 2.48. The number of hydrogen-bond acceptors (Lipinski definition) is 2. The number of aliphatic carboxylic acids is 1. The Kier molecular flexibility index (Phi) is 5.63. The molecule has 0 bridgehead atoms. The summed E-state index contributed by atoms with van der Waals surface area (Å²) in [7, 11) is 1.72. The number of nitrogens with zero attached hydrogens (tertiary/aromatic N) is 1. The number of urea groups is 1. The Morgan fingerprint density at radius 1 is 1.21 bits per heavy atom. The Bertz CT molecular complexity index is 321. The van der Waals surface area contributed by atoms with Crippen LogP contribution in [0.25, 0.3) is 0 Å². The molecule has 1 rings (SSSR count). The minimum Gasteiger partial charge on any atom is -0.481 e. The quantitative estimate of drug-likeness (QED) is 0.771. The van der Waals surface area contributed by atoms with E-state index in [1.165, 1.54) is 0 Å². The summed E-state index contributed by atoms with van der Waals surface area (Å²) in [5.41, 5.74) is -0.774. The first-order chi connectivity index (χ1) is 8.89. The first-order valence-corrected chi connectivity index (χ1v) is 7.13. The zero-order valence-electron chi connectivity index (χ0n) is 12.2. The predicted octanol–water partition coefficient (Wildman–Crippen LogP) is 2.46. The molecule has 0 spiro atoms. The van der Waals surface area contributed by atoms with Crippen LogP contribution in [0.3, 0.4) is 0 Å². The third-order valence-electron chi connectivity index (χ3n) is 4.19. The van der Waals surface area contributed by atoms with Gasteiger partial charge in [-0.05, 0) is 26.7 Å². The molecule has 0 radical (unpaired) electrons. The molecule has 1 fully saturated rings. The van der Waals surface area contributed by atoms with Crippen LogP contribution >= 0.6 is 0 Å². The summed E-state index contributed by atoms with van der Waals surface area (Å²) in [5, 5.41) is 12.3. The van der Waals surface area contributed by atoms with E-state index >= 15 is 0 Å². The summed E-state index contributed by atoms with van der Waals surface area (Å²) in [6.45, 7) is 4.09. The van der Waals surface area contributed by atoms with Crippen molar-refractivity contribution in [3.8, 4) is 0 Å². The van der Waals surface area contributed by atoms with Crippen LogP contribution in [0.2, 0.25) is 0 Å². The molecule has 0 atom stereocenters.